The molecule has 3 amide bonds. The van der Waals surface area contributed by atoms with Crippen LogP contribution in [0.3, 0.4) is 0 Å². The van der Waals surface area contributed by atoms with E-state index in [4.69, 9.17) is 16.5 Å². The maximum absolute atomic E-state index is 12.4. The lowest BCUT2D eigenvalue weighted by atomic mass is 10.1. The average molecular weight is 700 g/mol. The fourth-order valence-electron chi connectivity index (χ4n) is 4.35. The number of nitrogens with one attached hydrogen (secondary N) is 3. The van der Waals surface area contributed by atoms with Gasteiger partial charge in [0.05, 0.1) is 13.2 Å². The van der Waals surface area contributed by atoms with Crippen LogP contribution in [0.15, 0.2) is 114 Å². The molecule has 0 aromatic heterocycles. The topological polar surface area (TPSA) is 209 Å². The Labute approximate surface area is 301 Å². The van der Waals surface area contributed by atoms with Gasteiger partial charge in [-0.1, -0.05) is 72.1 Å². The summed E-state index contributed by atoms with van der Waals surface area (Å²) in [5.74, 6) is 9.70. The maximum Gasteiger partial charge on any atom is 0.328 e. The van der Waals surface area contributed by atoms with Crippen LogP contribution in [-0.2, 0) is 14.3 Å². The minimum absolute atomic E-state index is 0.349. The van der Waals surface area contributed by atoms with E-state index >= 15 is 0 Å². The number of hydrogen-bond acceptors (Lipinski definition) is 8. The first kappa shape index (κ1) is 39.5. The molecule has 0 aliphatic heterocycles. The van der Waals surface area contributed by atoms with Gasteiger partial charge in [0, 0.05) is 44.3 Å². The van der Waals surface area contributed by atoms with Crippen LogP contribution in [0.4, 0.5) is 0 Å². The number of carbonyl (C=O) groups excluding carboxylic acids is 4. The van der Waals surface area contributed by atoms with Crippen LogP contribution < -0.4 is 21.8 Å². The molecule has 0 fully saturated rings. The van der Waals surface area contributed by atoms with Gasteiger partial charge in [0.2, 0.25) is 0 Å². The Morgan fingerprint density at radius 1 is 0.692 bits per heavy atom. The average Bonchev–Trinajstić information content (AvgIpc) is 3.18. The molecule has 4 aromatic carbocycles. The number of amides is 3. The van der Waals surface area contributed by atoms with Crippen LogP contribution in [0.2, 0.25) is 0 Å². The van der Waals surface area contributed by atoms with Gasteiger partial charge in [0.1, 0.15) is 12.1 Å². The van der Waals surface area contributed by atoms with Crippen molar-refractivity contribution in [3.05, 3.63) is 153 Å². The highest BCUT2D eigenvalue weighted by molar-refractivity contribution is 5.98. The molecule has 13 nitrogen and oxygen atoms in total. The van der Waals surface area contributed by atoms with Gasteiger partial charge < -0.3 is 21.1 Å². The number of methoxy groups -OCH3 is 1. The van der Waals surface area contributed by atoms with Crippen molar-refractivity contribution in [2.24, 2.45) is 10.8 Å². The van der Waals surface area contributed by atoms with Gasteiger partial charge in [0.15, 0.2) is 0 Å². The molecule has 4 atom stereocenters. The monoisotopic (exact) mass is 699 g/mol. The molecular weight excluding hydrogens is 662 g/mol. The highest BCUT2D eigenvalue weighted by Crippen LogP contribution is 2.08. The van der Waals surface area contributed by atoms with Crippen molar-refractivity contribution in [3.63, 3.8) is 0 Å². The minimum atomic E-state index is -1.07. The molecule has 4 rings (SSSR count). The Kier molecular flexibility index (Phi) is 15.7. The summed E-state index contributed by atoms with van der Waals surface area (Å²) in [5.41, 5.74) is 19.7. The van der Waals surface area contributed by atoms with Gasteiger partial charge >= 0.3 is 5.97 Å². The molecule has 0 spiro atoms. The first-order chi connectivity index (χ1) is 25.1. The van der Waals surface area contributed by atoms with E-state index in [0.29, 0.717) is 11.1 Å². The number of esters is 1. The molecule has 0 aliphatic carbocycles. The summed E-state index contributed by atoms with van der Waals surface area (Å²) >= 11 is 0. The van der Waals surface area contributed by atoms with Gasteiger partial charge in [0.25, 0.3) is 17.7 Å². The van der Waals surface area contributed by atoms with Crippen LogP contribution in [0.1, 0.15) is 56.8 Å². The number of hydroxylamine groups is 1. The van der Waals surface area contributed by atoms with Gasteiger partial charge in [-0.2, -0.15) is 0 Å². The van der Waals surface area contributed by atoms with E-state index in [1.807, 2.05) is 60.7 Å². The number of nitrogens with zero attached hydrogens (tertiary/aromatic N) is 3. The smallest absolute Gasteiger partial charge is 0.328 e. The number of ether oxygens (including phenoxy) is 1. The molecule has 0 radical (unpaired) electrons. The largest absolute Gasteiger partial charge is 0.467 e. The lowest BCUT2D eigenvalue weighted by Crippen LogP contribution is -2.54. The lowest BCUT2D eigenvalue weighted by Gasteiger charge is -2.20. The van der Waals surface area contributed by atoms with Gasteiger partial charge in [-0.05, 0) is 85.3 Å². The first-order valence-corrected chi connectivity index (χ1v) is 15.8. The quantitative estimate of drug-likeness (QED) is 0.0328. The van der Waals surface area contributed by atoms with E-state index in [1.165, 1.54) is 19.5 Å². The molecule has 0 aliphatic rings. The minimum Gasteiger partial charge on any atom is -0.467 e. The number of nitrogens with two attached hydrogens (primary N) is 1. The first-order valence-electron chi connectivity index (χ1n) is 15.8. The van der Waals surface area contributed by atoms with E-state index < -0.39 is 47.9 Å². The SMILES string of the molecule is COC(=O)C(NC(=O)c1ccc(C#Cc2ccccc2)cc1)[C@@H](C)N=[N+]=[N-].C[C@@H](N)C(NC(=O)c1ccc(C#Cc2ccccc2)cc1)C(=O)NO. The summed E-state index contributed by atoms with van der Waals surface area (Å²) in [7, 11) is 1.20. The third kappa shape index (κ3) is 12.5. The fraction of sp³-hybridized carbons (Fsp3) is 0.179. The van der Waals surface area contributed by atoms with Crippen molar-refractivity contribution in [1.82, 2.24) is 16.1 Å². The zero-order valence-electron chi connectivity index (χ0n) is 28.6. The summed E-state index contributed by atoms with van der Waals surface area (Å²) in [6.45, 7) is 3.08. The Hall–Kier alpha value is -6.89. The van der Waals surface area contributed by atoms with Crippen LogP contribution >= 0.6 is 0 Å². The number of azide groups is 1. The maximum atomic E-state index is 12.4. The van der Waals surface area contributed by atoms with E-state index in [-0.39, 0.29) is 0 Å². The van der Waals surface area contributed by atoms with Crippen molar-refractivity contribution in [3.8, 4) is 23.7 Å². The lowest BCUT2D eigenvalue weighted by molar-refractivity contribution is -0.143. The van der Waals surface area contributed by atoms with E-state index in [0.717, 1.165) is 22.3 Å². The second-order valence-corrected chi connectivity index (χ2v) is 11.1. The van der Waals surface area contributed by atoms with E-state index in [9.17, 15) is 19.2 Å². The molecule has 52 heavy (non-hydrogen) atoms. The third-order valence-electron chi connectivity index (χ3n) is 7.21. The Morgan fingerprint density at radius 3 is 1.42 bits per heavy atom. The molecule has 264 valence electrons. The summed E-state index contributed by atoms with van der Waals surface area (Å²) < 4.78 is 4.65. The molecule has 6 N–H and O–H groups in total. The summed E-state index contributed by atoms with van der Waals surface area (Å²) in [6.07, 6.45) is 0. The fourth-order valence-corrected chi connectivity index (χ4v) is 4.35. The summed E-state index contributed by atoms with van der Waals surface area (Å²) in [4.78, 5) is 50.6. The molecule has 4 aromatic rings. The Bertz CT molecular complexity index is 1990. The van der Waals surface area contributed by atoms with Crippen molar-refractivity contribution in [2.75, 3.05) is 7.11 Å². The van der Waals surface area contributed by atoms with Crippen LogP contribution in [-0.4, -0.2) is 60.2 Å². The number of hydrogen-bond donors (Lipinski definition) is 5. The number of benzene rings is 4. The van der Waals surface area contributed by atoms with Crippen molar-refractivity contribution >= 4 is 23.7 Å². The van der Waals surface area contributed by atoms with Crippen molar-refractivity contribution in [2.45, 2.75) is 38.0 Å². The molecular formula is C39H37N7O6. The molecule has 13 heteroatoms. The molecule has 0 saturated carbocycles. The molecule has 2 unspecified atom stereocenters. The van der Waals surface area contributed by atoms with Crippen LogP contribution in [0.5, 0.6) is 0 Å². The highest BCUT2D eigenvalue weighted by Gasteiger charge is 2.27. The second-order valence-electron chi connectivity index (χ2n) is 11.1. The normalized spacial score (nSPS) is 12.0. The summed E-state index contributed by atoms with van der Waals surface area (Å²) in [5, 5.41) is 17.2. The van der Waals surface area contributed by atoms with E-state index in [2.05, 4.69) is 49.1 Å². The highest BCUT2D eigenvalue weighted by atomic mass is 16.5. The molecule has 0 heterocycles. The second kappa shape index (κ2) is 20.6. The van der Waals surface area contributed by atoms with Crippen LogP contribution in [0, 0.1) is 23.7 Å². The molecule has 0 bridgehead atoms. The van der Waals surface area contributed by atoms with E-state index in [1.54, 1.807) is 55.5 Å². The number of rotatable bonds is 9. The third-order valence-corrected chi connectivity index (χ3v) is 7.21. The zero-order valence-corrected chi connectivity index (χ0v) is 28.6. The molecule has 0 saturated heterocycles. The predicted molar refractivity (Wildman–Crippen MR) is 194 cm³/mol. The summed E-state index contributed by atoms with van der Waals surface area (Å²) in [6, 6.07) is 28.9. The predicted octanol–water partition coefficient (Wildman–Crippen LogP) is 4.09. The van der Waals surface area contributed by atoms with Gasteiger partial charge in [-0.3, -0.25) is 19.6 Å². The Balaban J connectivity index is 0.000000281. The van der Waals surface area contributed by atoms with Gasteiger partial charge in [-0.15, -0.1) is 0 Å². The zero-order chi connectivity index (χ0) is 37.9. The standard InChI is InChI=1S/C20H18N4O3.C19H19N3O3/c1-14(23-24-21)18(20(26)27-2)22-19(25)17-12-10-16(11-13-17)9-8-15-6-4-3-5-7-15;1-13(20)17(19(24)22-25)21-18(23)16-11-9-15(10-12-16)8-7-14-5-3-2-4-6-14/h3-7,10-14,18H,1-2H3,(H,22,25);2-6,9-13,17,25H,20H2,1H3,(H,21,23)(H,22,24)/t14-,18?;13-,17?/m11/s1. The van der Waals surface area contributed by atoms with Crippen LogP contribution in [0.25, 0.3) is 10.4 Å². The van der Waals surface area contributed by atoms with Gasteiger partial charge in [-0.25, -0.2) is 10.3 Å². The van der Waals surface area contributed by atoms with Crippen molar-refractivity contribution < 1.29 is 29.1 Å². The number of carbonyl (C=O) groups is 4. The van der Waals surface area contributed by atoms with Crippen molar-refractivity contribution in [1.29, 1.82) is 0 Å². The Morgan fingerprint density at radius 2 is 1.08 bits per heavy atom.